The van der Waals surface area contributed by atoms with E-state index >= 15 is 0 Å². The molecule has 2 rings (SSSR count). The van der Waals surface area contributed by atoms with E-state index in [0.29, 0.717) is 23.3 Å². The van der Waals surface area contributed by atoms with E-state index in [0.717, 1.165) is 5.56 Å². The highest BCUT2D eigenvalue weighted by atomic mass is 16.6. The van der Waals surface area contributed by atoms with Crippen molar-refractivity contribution < 1.29 is 9.45 Å². The Bertz CT molecular complexity index is 605. The van der Waals surface area contributed by atoms with Gasteiger partial charge in [0, 0.05) is 11.6 Å². The number of nitrogens with two attached hydrogens (primary N) is 1. The van der Waals surface area contributed by atoms with Crippen LogP contribution in [-0.2, 0) is 6.42 Å². The van der Waals surface area contributed by atoms with Crippen molar-refractivity contribution in [3.05, 3.63) is 39.4 Å². The molecule has 0 atom stereocenters. The van der Waals surface area contributed by atoms with Gasteiger partial charge in [-0.1, -0.05) is 24.2 Å². The lowest BCUT2D eigenvalue weighted by Crippen LogP contribution is -1.96. The first-order chi connectivity index (χ1) is 8.56. The van der Waals surface area contributed by atoms with E-state index in [1.54, 1.807) is 19.1 Å². The van der Waals surface area contributed by atoms with Crippen LogP contribution in [0.15, 0.2) is 22.7 Å². The van der Waals surface area contributed by atoms with Crippen LogP contribution in [0.5, 0.6) is 0 Å². The van der Waals surface area contributed by atoms with Crippen LogP contribution in [0, 0.1) is 17.0 Å². The lowest BCUT2D eigenvalue weighted by Gasteiger charge is -2.04. The molecule has 0 saturated heterocycles. The van der Waals surface area contributed by atoms with Gasteiger partial charge in [-0.2, -0.15) is 0 Å². The Morgan fingerprint density at radius 1 is 1.50 bits per heavy atom. The molecular formula is C12H13N3O3. The van der Waals surface area contributed by atoms with E-state index in [9.17, 15) is 10.1 Å². The summed E-state index contributed by atoms with van der Waals surface area (Å²) in [6.07, 6.45) is 0.607. The van der Waals surface area contributed by atoms with E-state index < -0.39 is 4.92 Å². The monoisotopic (exact) mass is 247 g/mol. The standard InChI is InChI=1S/C12H13N3O3/c1-3-8-11(18-14-12(8)13)10-7(2)5-4-6-9(10)15(16)17/h4-6H,3H2,1-2H3,(H2,13,14). The minimum Gasteiger partial charge on any atom is -0.381 e. The number of aryl methyl sites for hydroxylation is 1. The predicted octanol–water partition coefficient (Wildman–Crippen LogP) is 2.70. The Labute approximate surface area is 104 Å². The third-order valence-electron chi connectivity index (χ3n) is 2.85. The number of nitrogen functional groups attached to an aromatic ring is 1. The second-order valence-electron chi connectivity index (χ2n) is 3.96. The van der Waals surface area contributed by atoms with Gasteiger partial charge in [0.1, 0.15) is 5.56 Å². The van der Waals surface area contributed by atoms with Crippen LogP contribution in [0.3, 0.4) is 0 Å². The molecule has 2 aromatic rings. The average molecular weight is 247 g/mol. The average Bonchev–Trinajstić information content (AvgIpc) is 2.69. The normalized spacial score (nSPS) is 10.6. The Morgan fingerprint density at radius 2 is 2.22 bits per heavy atom. The first-order valence-corrected chi connectivity index (χ1v) is 5.54. The van der Waals surface area contributed by atoms with E-state index in [2.05, 4.69) is 5.16 Å². The van der Waals surface area contributed by atoms with Crippen LogP contribution >= 0.6 is 0 Å². The molecule has 0 amide bonds. The fraction of sp³-hybridized carbons (Fsp3) is 0.250. The molecule has 0 spiro atoms. The molecule has 0 bridgehead atoms. The largest absolute Gasteiger partial charge is 0.381 e. The summed E-state index contributed by atoms with van der Waals surface area (Å²) in [5.41, 5.74) is 7.60. The SMILES string of the molecule is CCc1c(N)noc1-c1c(C)cccc1[N+](=O)[O-]. The minimum absolute atomic E-state index is 0.000787. The smallest absolute Gasteiger partial charge is 0.280 e. The molecular weight excluding hydrogens is 234 g/mol. The van der Waals surface area contributed by atoms with Gasteiger partial charge in [-0.3, -0.25) is 10.1 Å². The number of rotatable bonds is 3. The zero-order valence-corrected chi connectivity index (χ0v) is 10.1. The fourth-order valence-corrected chi connectivity index (χ4v) is 1.96. The number of nitro benzene ring substituents is 1. The van der Waals surface area contributed by atoms with Crippen molar-refractivity contribution >= 4 is 11.5 Å². The molecule has 18 heavy (non-hydrogen) atoms. The van der Waals surface area contributed by atoms with Crippen molar-refractivity contribution in [3.63, 3.8) is 0 Å². The number of anilines is 1. The lowest BCUT2D eigenvalue weighted by atomic mass is 10.00. The first-order valence-electron chi connectivity index (χ1n) is 5.54. The van der Waals surface area contributed by atoms with E-state index in [1.807, 2.05) is 6.92 Å². The third kappa shape index (κ3) is 1.81. The molecule has 0 unspecified atom stereocenters. The quantitative estimate of drug-likeness (QED) is 0.664. The second kappa shape index (κ2) is 4.48. The summed E-state index contributed by atoms with van der Waals surface area (Å²) < 4.78 is 5.16. The van der Waals surface area contributed by atoms with Gasteiger partial charge in [0.25, 0.3) is 5.69 Å². The van der Waals surface area contributed by atoms with Crippen molar-refractivity contribution in [2.45, 2.75) is 20.3 Å². The summed E-state index contributed by atoms with van der Waals surface area (Å²) >= 11 is 0. The first kappa shape index (κ1) is 12.1. The Morgan fingerprint density at radius 3 is 2.83 bits per heavy atom. The summed E-state index contributed by atoms with van der Waals surface area (Å²) in [7, 11) is 0. The highest BCUT2D eigenvalue weighted by Gasteiger charge is 2.24. The summed E-state index contributed by atoms with van der Waals surface area (Å²) in [4.78, 5) is 10.6. The molecule has 94 valence electrons. The maximum atomic E-state index is 11.1. The summed E-state index contributed by atoms with van der Waals surface area (Å²) in [6, 6.07) is 4.88. The van der Waals surface area contributed by atoms with E-state index in [1.165, 1.54) is 6.07 Å². The molecule has 0 fully saturated rings. The molecule has 2 N–H and O–H groups in total. The highest BCUT2D eigenvalue weighted by molar-refractivity contribution is 5.77. The van der Waals surface area contributed by atoms with Gasteiger partial charge in [-0.15, -0.1) is 0 Å². The van der Waals surface area contributed by atoms with Gasteiger partial charge < -0.3 is 10.3 Å². The molecule has 6 nitrogen and oxygen atoms in total. The maximum Gasteiger partial charge on any atom is 0.280 e. The number of benzene rings is 1. The Hall–Kier alpha value is -2.37. The molecule has 1 aromatic heterocycles. The van der Waals surface area contributed by atoms with Crippen LogP contribution in [0.4, 0.5) is 11.5 Å². The number of nitrogens with zero attached hydrogens (tertiary/aromatic N) is 2. The topological polar surface area (TPSA) is 95.2 Å². The van der Waals surface area contributed by atoms with Crippen molar-refractivity contribution in [1.82, 2.24) is 5.16 Å². The van der Waals surface area contributed by atoms with Crippen molar-refractivity contribution in [3.8, 4) is 11.3 Å². The fourth-order valence-electron chi connectivity index (χ4n) is 1.96. The van der Waals surface area contributed by atoms with Crippen molar-refractivity contribution in [2.24, 2.45) is 0 Å². The van der Waals surface area contributed by atoms with Crippen LogP contribution in [0.1, 0.15) is 18.1 Å². The number of hydrogen-bond donors (Lipinski definition) is 1. The van der Waals surface area contributed by atoms with Crippen molar-refractivity contribution in [1.29, 1.82) is 0 Å². The molecule has 0 saturated carbocycles. The Balaban J connectivity index is 2.74. The zero-order valence-electron chi connectivity index (χ0n) is 10.1. The minimum atomic E-state index is -0.430. The van der Waals surface area contributed by atoms with Gasteiger partial charge in [0.15, 0.2) is 11.6 Å². The molecule has 0 aliphatic rings. The lowest BCUT2D eigenvalue weighted by molar-refractivity contribution is -0.384. The van der Waals surface area contributed by atoms with Crippen molar-refractivity contribution in [2.75, 3.05) is 5.73 Å². The summed E-state index contributed by atoms with van der Waals surface area (Å²) in [5.74, 6) is 0.671. The molecule has 0 aliphatic carbocycles. The van der Waals surface area contributed by atoms with Gasteiger partial charge in [-0.05, 0) is 18.9 Å². The van der Waals surface area contributed by atoms with Gasteiger partial charge in [-0.25, -0.2) is 0 Å². The van der Waals surface area contributed by atoms with Gasteiger partial charge in [0.05, 0.1) is 4.92 Å². The predicted molar refractivity (Wildman–Crippen MR) is 67.1 cm³/mol. The third-order valence-corrected chi connectivity index (χ3v) is 2.85. The molecule has 0 aliphatic heterocycles. The number of aromatic nitrogens is 1. The van der Waals surface area contributed by atoms with Crippen LogP contribution in [-0.4, -0.2) is 10.1 Å². The number of hydrogen-bond acceptors (Lipinski definition) is 5. The zero-order chi connectivity index (χ0) is 13.3. The van der Waals surface area contributed by atoms with Crippen LogP contribution in [0.2, 0.25) is 0 Å². The highest BCUT2D eigenvalue weighted by Crippen LogP contribution is 2.36. The summed E-state index contributed by atoms with van der Waals surface area (Å²) in [5, 5.41) is 14.8. The molecule has 0 radical (unpaired) electrons. The second-order valence-corrected chi connectivity index (χ2v) is 3.96. The van der Waals surface area contributed by atoms with Crippen LogP contribution in [0.25, 0.3) is 11.3 Å². The molecule has 6 heteroatoms. The summed E-state index contributed by atoms with van der Waals surface area (Å²) in [6.45, 7) is 3.69. The van der Waals surface area contributed by atoms with Gasteiger partial charge in [0.2, 0.25) is 0 Å². The maximum absolute atomic E-state index is 11.1. The molecule has 1 aromatic carbocycles. The van der Waals surface area contributed by atoms with E-state index in [-0.39, 0.29) is 11.5 Å². The van der Waals surface area contributed by atoms with Crippen LogP contribution < -0.4 is 5.73 Å². The van der Waals surface area contributed by atoms with E-state index in [4.69, 9.17) is 10.3 Å². The molecule has 1 heterocycles. The van der Waals surface area contributed by atoms with Gasteiger partial charge >= 0.3 is 0 Å². The number of nitro groups is 1. The Kier molecular flexibility index (Phi) is 3.01.